The van der Waals surface area contributed by atoms with Gasteiger partial charge in [-0.3, -0.25) is 4.79 Å². The Balaban J connectivity index is 2.57. The van der Waals surface area contributed by atoms with Crippen molar-refractivity contribution in [2.24, 2.45) is 0 Å². The Morgan fingerprint density at radius 2 is 2.50 bits per heavy atom. The van der Waals surface area contributed by atoms with Gasteiger partial charge in [0.15, 0.2) is 6.29 Å². The number of carbonyl (C=O) groups excluding carboxylic acids is 1. The van der Waals surface area contributed by atoms with Gasteiger partial charge in [0, 0.05) is 31.6 Å². The van der Waals surface area contributed by atoms with Crippen molar-refractivity contribution in [1.29, 1.82) is 0 Å². The molecule has 1 aromatic heterocycles. The minimum Gasteiger partial charge on any atom is -0.380 e. The van der Waals surface area contributed by atoms with Crippen LogP contribution < -0.4 is 0 Å². The van der Waals surface area contributed by atoms with Crippen LogP contribution >= 0.6 is 0 Å². The molecule has 1 unspecified atom stereocenters. The van der Waals surface area contributed by atoms with Crippen LogP contribution in [0.5, 0.6) is 0 Å². The van der Waals surface area contributed by atoms with Crippen molar-refractivity contribution in [3.05, 3.63) is 24.0 Å². The van der Waals surface area contributed by atoms with Crippen molar-refractivity contribution >= 4 is 6.29 Å². The highest BCUT2D eigenvalue weighted by atomic mass is 16.5. The summed E-state index contributed by atoms with van der Waals surface area (Å²) in [4.78, 5) is 10.3. The number of hydrogen-bond acceptors (Lipinski definition) is 2. The minimum absolute atomic E-state index is 0.178. The van der Waals surface area contributed by atoms with Crippen molar-refractivity contribution in [3.63, 3.8) is 0 Å². The number of aromatic nitrogens is 1. The second-order valence-electron chi connectivity index (χ2n) is 2.81. The van der Waals surface area contributed by atoms with Crippen molar-refractivity contribution in [1.82, 2.24) is 4.57 Å². The normalized spacial score (nSPS) is 12.8. The molecular formula is C9H13NO2. The molecule has 3 heteroatoms. The van der Waals surface area contributed by atoms with Crippen LogP contribution in [0, 0.1) is 0 Å². The molecule has 0 N–H and O–H groups in total. The van der Waals surface area contributed by atoms with Crippen LogP contribution in [0.25, 0.3) is 0 Å². The predicted molar refractivity (Wildman–Crippen MR) is 46.3 cm³/mol. The number of hydrogen-bond donors (Lipinski definition) is 0. The van der Waals surface area contributed by atoms with E-state index in [2.05, 4.69) is 0 Å². The van der Waals surface area contributed by atoms with Crippen LogP contribution in [-0.2, 0) is 11.3 Å². The highest BCUT2D eigenvalue weighted by Crippen LogP contribution is 2.00. The molecule has 0 fully saturated rings. The minimum atomic E-state index is 0.178. The number of carbonyl (C=O) groups is 1. The van der Waals surface area contributed by atoms with E-state index in [9.17, 15) is 4.79 Å². The maximum atomic E-state index is 10.3. The third-order valence-electron chi connectivity index (χ3n) is 1.78. The molecular weight excluding hydrogens is 154 g/mol. The first-order chi connectivity index (χ1) is 5.76. The van der Waals surface area contributed by atoms with E-state index in [1.807, 2.05) is 23.9 Å². The average Bonchev–Trinajstić information content (AvgIpc) is 2.52. The molecule has 0 radical (unpaired) electrons. The van der Waals surface area contributed by atoms with Gasteiger partial charge in [-0.05, 0) is 13.0 Å². The summed E-state index contributed by atoms with van der Waals surface area (Å²) in [5, 5.41) is 0. The highest BCUT2D eigenvalue weighted by molar-refractivity contribution is 5.74. The maximum absolute atomic E-state index is 10.3. The average molecular weight is 167 g/mol. The summed E-state index contributed by atoms with van der Waals surface area (Å²) in [6, 6.07) is 1.79. The van der Waals surface area contributed by atoms with E-state index >= 15 is 0 Å². The summed E-state index contributed by atoms with van der Waals surface area (Å²) in [5.41, 5.74) is 0.707. The van der Waals surface area contributed by atoms with Crippen LogP contribution in [0.15, 0.2) is 18.5 Å². The van der Waals surface area contributed by atoms with E-state index in [-0.39, 0.29) is 6.10 Å². The Bertz CT molecular complexity index is 255. The summed E-state index contributed by atoms with van der Waals surface area (Å²) < 4.78 is 7.03. The molecule has 12 heavy (non-hydrogen) atoms. The second kappa shape index (κ2) is 4.07. The fourth-order valence-electron chi connectivity index (χ4n) is 1.01. The van der Waals surface area contributed by atoms with Gasteiger partial charge in [-0.2, -0.15) is 0 Å². The first-order valence-electron chi connectivity index (χ1n) is 3.90. The zero-order chi connectivity index (χ0) is 8.97. The monoisotopic (exact) mass is 167 g/mol. The lowest BCUT2D eigenvalue weighted by Crippen LogP contribution is -2.13. The standard InChI is InChI=1S/C9H13NO2/c1-8(12-2)5-10-4-3-9(6-10)7-11/h3-4,6-8H,5H2,1-2H3. The Morgan fingerprint density at radius 1 is 1.75 bits per heavy atom. The van der Waals surface area contributed by atoms with E-state index in [0.717, 1.165) is 12.8 Å². The molecule has 0 aliphatic carbocycles. The van der Waals surface area contributed by atoms with E-state index < -0.39 is 0 Å². The van der Waals surface area contributed by atoms with Crippen LogP contribution in [0.1, 0.15) is 17.3 Å². The van der Waals surface area contributed by atoms with Crippen molar-refractivity contribution in [2.45, 2.75) is 19.6 Å². The van der Waals surface area contributed by atoms with Gasteiger partial charge in [-0.1, -0.05) is 0 Å². The molecule has 3 nitrogen and oxygen atoms in total. The van der Waals surface area contributed by atoms with Gasteiger partial charge >= 0.3 is 0 Å². The van der Waals surface area contributed by atoms with E-state index in [1.54, 1.807) is 13.2 Å². The van der Waals surface area contributed by atoms with Gasteiger partial charge in [-0.15, -0.1) is 0 Å². The molecule has 0 bridgehead atoms. The number of aldehydes is 1. The molecule has 0 spiro atoms. The SMILES string of the molecule is COC(C)Cn1ccc(C=O)c1. The molecule has 1 aromatic rings. The van der Waals surface area contributed by atoms with Crippen LogP contribution in [-0.4, -0.2) is 24.1 Å². The summed E-state index contributed by atoms with van der Waals surface area (Å²) >= 11 is 0. The first-order valence-corrected chi connectivity index (χ1v) is 3.90. The summed E-state index contributed by atoms with van der Waals surface area (Å²) in [6.45, 7) is 2.77. The van der Waals surface area contributed by atoms with Gasteiger partial charge in [0.25, 0.3) is 0 Å². The van der Waals surface area contributed by atoms with Gasteiger partial charge in [0.1, 0.15) is 0 Å². The lowest BCUT2D eigenvalue weighted by Gasteiger charge is -2.09. The summed E-state index contributed by atoms with van der Waals surface area (Å²) in [6.07, 6.45) is 4.70. The zero-order valence-electron chi connectivity index (χ0n) is 7.36. The van der Waals surface area contributed by atoms with Crippen LogP contribution in [0.4, 0.5) is 0 Å². The fraction of sp³-hybridized carbons (Fsp3) is 0.444. The summed E-state index contributed by atoms with van der Waals surface area (Å²) in [7, 11) is 1.68. The lowest BCUT2D eigenvalue weighted by atomic mass is 10.4. The van der Waals surface area contributed by atoms with E-state index in [4.69, 9.17) is 4.74 Å². The third-order valence-corrected chi connectivity index (χ3v) is 1.78. The molecule has 0 aromatic carbocycles. The second-order valence-corrected chi connectivity index (χ2v) is 2.81. The molecule has 0 amide bonds. The smallest absolute Gasteiger partial charge is 0.151 e. The van der Waals surface area contributed by atoms with E-state index in [0.29, 0.717) is 5.56 Å². The number of ether oxygens (including phenoxy) is 1. The maximum Gasteiger partial charge on any atom is 0.151 e. The van der Waals surface area contributed by atoms with Gasteiger partial charge < -0.3 is 9.30 Å². The highest BCUT2D eigenvalue weighted by Gasteiger charge is 2.00. The lowest BCUT2D eigenvalue weighted by molar-refractivity contribution is 0.103. The van der Waals surface area contributed by atoms with Gasteiger partial charge in [-0.25, -0.2) is 0 Å². The zero-order valence-corrected chi connectivity index (χ0v) is 7.36. The predicted octanol–water partition coefficient (Wildman–Crippen LogP) is 1.34. The van der Waals surface area contributed by atoms with Gasteiger partial charge in [0.05, 0.1) is 6.10 Å². The topological polar surface area (TPSA) is 31.2 Å². The molecule has 1 rings (SSSR count). The molecule has 66 valence electrons. The van der Waals surface area contributed by atoms with Crippen LogP contribution in [0.3, 0.4) is 0 Å². The third kappa shape index (κ3) is 2.20. The molecule has 1 heterocycles. The molecule has 0 aliphatic heterocycles. The summed E-state index contributed by atoms with van der Waals surface area (Å²) in [5.74, 6) is 0. The van der Waals surface area contributed by atoms with Gasteiger partial charge in [0.2, 0.25) is 0 Å². The number of methoxy groups -OCH3 is 1. The van der Waals surface area contributed by atoms with Crippen molar-refractivity contribution in [3.8, 4) is 0 Å². The Hall–Kier alpha value is -1.09. The molecule has 0 aliphatic rings. The molecule has 0 saturated carbocycles. The Kier molecular flexibility index (Phi) is 3.05. The largest absolute Gasteiger partial charge is 0.380 e. The number of rotatable bonds is 4. The first kappa shape index (κ1) is 9.00. The number of nitrogens with zero attached hydrogens (tertiary/aromatic N) is 1. The molecule has 1 atom stereocenters. The fourth-order valence-corrected chi connectivity index (χ4v) is 1.01. The molecule has 0 saturated heterocycles. The van der Waals surface area contributed by atoms with Crippen LogP contribution in [0.2, 0.25) is 0 Å². The van der Waals surface area contributed by atoms with Crippen molar-refractivity contribution in [2.75, 3.05) is 7.11 Å². The Labute approximate surface area is 72.0 Å². The Morgan fingerprint density at radius 3 is 3.00 bits per heavy atom. The quantitative estimate of drug-likeness (QED) is 0.633. The van der Waals surface area contributed by atoms with E-state index in [1.165, 1.54) is 0 Å². The van der Waals surface area contributed by atoms with Crippen molar-refractivity contribution < 1.29 is 9.53 Å².